The third-order valence-corrected chi connectivity index (χ3v) is 8.24. The molecule has 140 valence electrons. The van der Waals surface area contributed by atoms with Crippen molar-refractivity contribution < 1.29 is 8.42 Å². The number of rotatable bonds is 5. The van der Waals surface area contributed by atoms with Gasteiger partial charge in [-0.05, 0) is 72.7 Å². The first-order valence-electron chi connectivity index (χ1n) is 8.99. The maximum absolute atomic E-state index is 12.8. The van der Waals surface area contributed by atoms with Crippen molar-refractivity contribution in [3.63, 3.8) is 0 Å². The number of nitrogens with zero attached hydrogens (tertiary/aromatic N) is 1. The standard InChI is InChI=1S/C20H24ClNO2S2/c1-22(25-19-12-10-18(21)11-13-19)26(23,24)20-14-8-17(9-15-20)16-6-4-2-3-5-7-16/h8-16H,2-7H2,1H3. The zero-order valence-electron chi connectivity index (χ0n) is 14.9. The zero-order valence-corrected chi connectivity index (χ0v) is 17.3. The largest absolute Gasteiger partial charge is 0.252 e. The van der Waals surface area contributed by atoms with Crippen LogP contribution in [0.1, 0.15) is 50.0 Å². The van der Waals surface area contributed by atoms with Crippen LogP contribution in [0.5, 0.6) is 0 Å². The Bertz CT molecular complexity index is 812. The van der Waals surface area contributed by atoms with Gasteiger partial charge in [0.2, 0.25) is 0 Å². The lowest BCUT2D eigenvalue weighted by molar-refractivity contribution is 0.564. The molecule has 3 rings (SSSR count). The number of hydrogen-bond donors (Lipinski definition) is 0. The van der Waals surface area contributed by atoms with Gasteiger partial charge in [0.1, 0.15) is 0 Å². The molecule has 2 aromatic rings. The maximum atomic E-state index is 12.8. The molecule has 6 heteroatoms. The normalized spacial score (nSPS) is 16.6. The van der Waals surface area contributed by atoms with Gasteiger partial charge in [0.15, 0.2) is 0 Å². The first-order valence-corrected chi connectivity index (χ1v) is 11.6. The van der Waals surface area contributed by atoms with Crippen LogP contribution in [0.4, 0.5) is 0 Å². The van der Waals surface area contributed by atoms with Gasteiger partial charge in [-0.15, -0.1) is 3.71 Å². The third-order valence-electron chi connectivity index (χ3n) is 4.89. The van der Waals surface area contributed by atoms with Crippen LogP contribution >= 0.6 is 23.5 Å². The van der Waals surface area contributed by atoms with E-state index in [0.29, 0.717) is 15.8 Å². The fourth-order valence-electron chi connectivity index (χ4n) is 3.37. The van der Waals surface area contributed by atoms with E-state index in [1.54, 1.807) is 31.3 Å². The lowest BCUT2D eigenvalue weighted by Gasteiger charge is -2.18. The van der Waals surface area contributed by atoms with E-state index in [1.165, 1.54) is 59.7 Å². The SMILES string of the molecule is CN(Sc1ccc(Cl)cc1)S(=O)(=O)c1ccc(C2CCCCCC2)cc1. The van der Waals surface area contributed by atoms with Crippen molar-refractivity contribution in [2.45, 2.75) is 54.2 Å². The Morgan fingerprint density at radius 1 is 0.923 bits per heavy atom. The van der Waals surface area contributed by atoms with E-state index >= 15 is 0 Å². The minimum absolute atomic E-state index is 0.332. The Hall–Kier alpha value is -1.01. The smallest absolute Gasteiger partial charge is 0.206 e. The summed E-state index contributed by atoms with van der Waals surface area (Å²) in [7, 11) is -1.96. The third kappa shape index (κ3) is 4.83. The van der Waals surface area contributed by atoms with Crippen LogP contribution in [0, 0.1) is 0 Å². The van der Waals surface area contributed by atoms with E-state index in [2.05, 4.69) is 0 Å². The van der Waals surface area contributed by atoms with Gasteiger partial charge in [-0.25, -0.2) is 8.42 Å². The molecule has 0 heterocycles. The van der Waals surface area contributed by atoms with Crippen molar-refractivity contribution in [2.75, 3.05) is 7.05 Å². The maximum Gasteiger partial charge on any atom is 0.252 e. The minimum atomic E-state index is -3.54. The molecule has 2 aromatic carbocycles. The summed E-state index contributed by atoms with van der Waals surface area (Å²) < 4.78 is 27.0. The number of hydrogen-bond acceptors (Lipinski definition) is 3. The van der Waals surface area contributed by atoms with Gasteiger partial charge < -0.3 is 0 Å². The first-order chi connectivity index (χ1) is 12.5. The van der Waals surface area contributed by atoms with Gasteiger partial charge in [0.05, 0.1) is 4.90 Å². The van der Waals surface area contributed by atoms with Gasteiger partial charge in [-0.1, -0.05) is 49.4 Å². The Balaban J connectivity index is 1.72. The molecule has 0 spiro atoms. The topological polar surface area (TPSA) is 37.4 Å². The number of sulfonamides is 1. The van der Waals surface area contributed by atoms with Crippen molar-refractivity contribution in [1.29, 1.82) is 0 Å². The molecule has 0 unspecified atom stereocenters. The zero-order chi connectivity index (χ0) is 18.6. The fraction of sp³-hybridized carbons (Fsp3) is 0.400. The van der Waals surface area contributed by atoms with Crippen LogP contribution in [-0.4, -0.2) is 19.2 Å². The molecular formula is C20H24ClNO2S2. The highest BCUT2D eigenvalue weighted by Crippen LogP contribution is 2.33. The Kier molecular flexibility index (Phi) is 6.67. The average Bonchev–Trinajstić information content (AvgIpc) is 2.93. The quantitative estimate of drug-likeness (QED) is 0.441. The Morgan fingerprint density at radius 2 is 1.50 bits per heavy atom. The van der Waals surface area contributed by atoms with Crippen LogP contribution in [-0.2, 0) is 10.0 Å². The lowest BCUT2D eigenvalue weighted by Crippen LogP contribution is -2.20. The molecule has 1 aliphatic carbocycles. The molecule has 1 aliphatic rings. The van der Waals surface area contributed by atoms with Crippen LogP contribution in [0.15, 0.2) is 58.3 Å². The predicted molar refractivity (Wildman–Crippen MR) is 109 cm³/mol. The van der Waals surface area contributed by atoms with Crippen LogP contribution in [0.2, 0.25) is 5.02 Å². The molecule has 1 fully saturated rings. The highest BCUT2D eigenvalue weighted by molar-refractivity contribution is 8.08. The molecule has 3 nitrogen and oxygen atoms in total. The summed E-state index contributed by atoms with van der Waals surface area (Å²) in [5.41, 5.74) is 1.26. The van der Waals surface area contributed by atoms with Crippen molar-refractivity contribution in [2.24, 2.45) is 0 Å². The molecule has 0 aliphatic heterocycles. The Morgan fingerprint density at radius 3 is 2.08 bits per heavy atom. The fourth-order valence-corrected chi connectivity index (χ4v) is 5.73. The predicted octanol–water partition coefficient (Wildman–Crippen LogP) is 6.11. The van der Waals surface area contributed by atoms with E-state index in [4.69, 9.17) is 11.6 Å². The summed E-state index contributed by atoms with van der Waals surface area (Å²) in [5.74, 6) is 0.565. The number of benzene rings is 2. The first kappa shape index (κ1) is 19.7. The van der Waals surface area contributed by atoms with Gasteiger partial charge in [-0.3, -0.25) is 0 Å². The van der Waals surface area contributed by atoms with Gasteiger partial charge in [0.25, 0.3) is 10.0 Å². The Labute approximate surface area is 165 Å². The van der Waals surface area contributed by atoms with Gasteiger partial charge in [0, 0.05) is 17.0 Å². The van der Waals surface area contributed by atoms with Crippen molar-refractivity contribution in [3.8, 4) is 0 Å². The molecular weight excluding hydrogens is 386 g/mol. The van der Waals surface area contributed by atoms with Gasteiger partial charge in [-0.2, -0.15) is 0 Å². The molecule has 0 amide bonds. The molecule has 0 bridgehead atoms. The molecule has 0 N–H and O–H groups in total. The second-order valence-corrected chi connectivity index (χ2v) is 10.6. The average molecular weight is 410 g/mol. The summed E-state index contributed by atoms with van der Waals surface area (Å²) in [6, 6.07) is 14.6. The molecule has 0 saturated heterocycles. The van der Waals surface area contributed by atoms with Crippen LogP contribution in [0.25, 0.3) is 0 Å². The van der Waals surface area contributed by atoms with E-state index < -0.39 is 10.0 Å². The lowest BCUT2D eigenvalue weighted by atomic mass is 9.92. The molecule has 1 saturated carbocycles. The van der Waals surface area contributed by atoms with E-state index in [1.807, 2.05) is 24.3 Å². The second kappa shape index (κ2) is 8.79. The summed E-state index contributed by atoms with van der Waals surface area (Å²) >= 11 is 7.06. The highest BCUT2D eigenvalue weighted by atomic mass is 35.5. The van der Waals surface area contributed by atoms with Crippen LogP contribution < -0.4 is 0 Å². The monoisotopic (exact) mass is 409 g/mol. The molecule has 0 radical (unpaired) electrons. The summed E-state index contributed by atoms with van der Waals surface area (Å²) in [6.07, 6.45) is 7.58. The molecule has 26 heavy (non-hydrogen) atoms. The van der Waals surface area contributed by atoms with Crippen molar-refractivity contribution in [3.05, 3.63) is 59.1 Å². The van der Waals surface area contributed by atoms with E-state index in [0.717, 1.165) is 4.90 Å². The highest BCUT2D eigenvalue weighted by Gasteiger charge is 2.23. The summed E-state index contributed by atoms with van der Waals surface area (Å²) in [4.78, 5) is 1.16. The summed E-state index contributed by atoms with van der Waals surface area (Å²) in [6.45, 7) is 0. The second-order valence-electron chi connectivity index (χ2n) is 6.72. The van der Waals surface area contributed by atoms with Crippen molar-refractivity contribution >= 4 is 33.6 Å². The molecule has 0 atom stereocenters. The van der Waals surface area contributed by atoms with E-state index in [9.17, 15) is 8.42 Å². The van der Waals surface area contributed by atoms with Gasteiger partial charge >= 0.3 is 0 Å². The van der Waals surface area contributed by atoms with Crippen LogP contribution in [0.3, 0.4) is 0 Å². The number of halogens is 1. The van der Waals surface area contributed by atoms with Crippen molar-refractivity contribution in [1.82, 2.24) is 3.71 Å². The minimum Gasteiger partial charge on any atom is -0.206 e. The molecule has 0 aromatic heterocycles. The van der Waals surface area contributed by atoms with E-state index in [-0.39, 0.29) is 0 Å². The summed E-state index contributed by atoms with van der Waals surface area (Å²) in [5, 5.41) is 0.633.